The zero-order chi connectivity index (χ0) is 18.5. The minimum absolute atomic E-state index is 0.172. The standard InChI is InChI=1S/C19H25NO5/c1-2-3-4-7-18(22)20-17(19(23)24)14-15-8-10-16(11-9-15)25-13-6-5-12-21/h8-11,17,21H,2-4,7,12-14H2,1H3,(H,20,22)(H,23,24)/t17-/m0/s1. The Labute approximate surface area is 148 Å². The molecular formula is C19H25NO5. The topological polar surface area (TPSA) is 95.9 Å². The van der Waals surface area contributed by atoms with Crippen LogP contribution in [0.1, 0.15) is 38.2 Å². The molecule has 0 radical (unpaired) electrons. The Kier molecular flexibility index (Phi) is 9.79. The van der Waals surface area contributed by atoms with Gasteiger partial charge < -0.3 is 20.3 Å². The van der Waals surface area contributed by atoms with Gasteiger partial charge in [-0.25, -0.2) is 4.79 Å². The molecule has 6 nitrogen and oxygen atoms in total. The van der Waals surface area contributed by atoms with Gasteiger partial charge in [0.1, 0.15) is 25.0 Å². The number of carboxylic acids is 1. The highest BCUT2D eigenvalue weighted by Crippen LogP contribution is 2.13. The number of carbonyl (C=O) groups is 2. The lowest BCUT2D eigenvalue weighted by Gasteiger charge is -2.15. The zero-order valence-electron chi connectivity index (χ0n) is 14.5. The molecule has 0 fully saturated rings. The molecular weight excluding hydrogens is 322 g/mol. The normalized spacial score (nSPS) is 11.1. The van der Waals surface area contributed by atoms with E-state index in [1.807, 2.05) is 6.92 Å². The van der Waals surface area contributed by atoms with E-state index in [9.17, 15) is 14.7 Å². The average molecular weight is 347 g/mol. The van der Waals surface area contributed by atoms with Crippen molar-refractivity contribution in [1.82, 2.24) is 5.32 Å². The summed E-state index contributed by atoms with van der Waals surface area (Å²) in [5.74, 6) is 4.44. The van der Waals surface area contributed by atoms with Gasteiger partial charge in [0.25, 0.3) is 0 Å². The first-order chi connectivity index (χ1) is 12.1. The molecule has 0 aromatic heterocycles. The van der Waals surface area contributed by atoms with Crippen LogP contribution in [0.3, 0.4) is 0 Å². The van der Waals surface area contributed by atoms with Crippen LogP contribution in [0.2, 0.25) is 0 Å². The molecule has 6 heteroatoms. The highest BCUT2D eigenvalue weighted by Gasteiger charge is 2.20. The molecule has 0 spiro atoms. The molecule has 0 aliphatic rings. The number of rotatable bonds is 10. The number of carbonyl (C=O) groups excluding carboxylic acids is 1. The van der Waals surface area contributed by atoms with Crippen LogP contribution >= 0.6 is 0 Å². The number of nitrogens with one attached hydrogen (secondary N) is 1. The number of unbranched alkanes of at least 4 members (excludes halogenated alkanes) is 2. The summed E-state index contributed by atoms with van der Waals surface area (Å²) in [5, 5.41) is 20.4. The number of ether oxygens (including phenoxy) is 1. The molecule has 1 aromatic rings. The fraction of sp³-hybridized carbons (Fsp3) is 0.474. The molecule has 0 unspecified atom stereocenters. The van der Waals surface area contributed by atoms with E-state index in [1.165, 1.54) is 0 Å². The molecule has 0 saturated carbocycles. The Morgan fingerprint density at radius 2 is 1.92 bits per heavy atom. The molecule has 1 atom stereocenters. The predicted molar refractivity (Wildman–Crippen MR) is 94.2 cm³/mol. The summed E-state index contributed by atoms with van der Waals surface area (Å²) in [7, 11) is 0. The van der Waals surface area contributed by atoms with Crippen molar-refractivity contribution in [3.63, 3.8) is 0 Å². The van der Waals surface area contributed by atoms with Crippen LogP contribution < -0.4 is 10.1 Å². The number of aliphatic hydroxyl groups excluding tert-OH is 1. The minimum Gasteiger partial charge on any atom is -0.481 e. The third-order valence-electron chi connectivity index (χ3n) is 3.52. The maximum Gasteiger partial charge on any atom is 0.326 e. The van der Waals surface area contributed by atoms with Crippen LogP contribution in [0.25, 0.3) is 0 Å². The monoisotopic (exact) mass is 347 g/mol. The summed E-state index contributed by atoms with van der Waals surface area (Å²) in [6.45, 7) is 2.01. The fourth-order valence-corrected chi connectivity index (χ4v) is 2.19. The summed E-state index contributed by atoms with van der Waals surface area (Å²) in [6, 6.07) is 6.01. The van der Waals surface area contributed by atoms with Crippen molar-refractivity contribution >= 4 is 11.9 Å². The predicted octanol–water partition coefficient (Wildman–Crippen LogP) is 1.75. The maximum atomic E-state index is 11.8. The van der Waals surface area contributed by atoms with Gasteiger partial charge in [-0.3, -0.25) is 4.79 Å². The first-order valence-corrected chi connectivity index (χ1v) is 8.37. The number of aliphatic carboxylic acids is 1. The third-order valence-corrected chi connectivity index (χ3v) is 3.52. The van der Waals surface area contributed by atoms with E-state index in [0.717, 1.165) is 24.8 Å². The van der Waals surface area contributed by atoms with Gasteiger partial charge in [0.05, 0.1) is 0 Å². The van der Waals surface area contributed by atoms with E-state index < -0.39 is 12.0 Å². The molecule has 0 heterocycles. The average Bonchev–Trinajstić information content (AvgIpc) is 2.59. The van der Waals surface area contributed by atoms with E-state index in [4.69, 9.17) is 9.84 Å². The number of aliphatic hydroxyl groups is 1. The van der Waals surface area contributed by atoms with Crippen LogP contribution in [-0.2, 0) is 16.0 Å². The lowest BCUT2D eigenvalue weighted by Crippen LogP contribution is -2.42. The summed E-state index contributed by atoms with van der Waals surface area (Å²) in [5.41, 5.74) is 0.787. The summed E-state index contributed by atoms with van der Waals surface area (Å²) in [4.78, 5) is 23.2. The molecule has 1 aromatic carbocycles. The Morgan fingerprint density at radius 3 is 2.52 bits per heavy atom. The smallest absolute Gasteiger partial charge is 0.326 e. The second-order valence-corrected chi connectivity index (χ2v) is 5.56. The largest absolute Gasteiger partial charge is 0.481 e. The third kappa shape index (κ3) is 8.77. The van der Waals surface area contributed by atoms with Crippen molar-refractivity contribution in [1.29, 1.82) is 0 Å². The van der Waals surface area contributed by atoms with Crippen LogP contribution in [-0.4, -0.2) is 41.3 Å². The van der Waals surface area contributed by atoms with Gasteiger partial charge in [0, 0.05) is 12.8 Å². The summed E-state index contributed by atoms with van der Waals surface area (Å²) < 4.78 is 5.36. The molecule has 0 bridgehead atoms. The number of amides is 1. The van der Waals surface area contributed by atoms with Crippen LogP contribution in [0.15, 0.2) is 24.3 Å². The molecule has 25 heavy (non-hydrogen) atoms. The van der Waals surface area contributed by atoms with Gasteiger partial charge in [0.2, 0.25) is 5.91 Å². The maximum absolute atomic E-state index is 11.8. The highest BCUT2D eigenvalue weighted by molar-refractivity contribution is 5.83. The molecule has 0 aliphatic heterocycles. The van der Waals surface area contributed by atoms with Gasteiger partial charge >= 0.3 is 5.97 Å². The van der Waals surface area contributed by atoms with Gasteiger partial charge in [-0.15, -0.1) is 0 Å². The fourth-order valence-electron chi connectivity index (χ4n) is 2.19. The van der Waals surface area contributed by atoms with Gasteiger partial charge in [-0.2, -0.15) is 0 Å². The SMILES string of the molecule is CCCCCC(=O)N[C@@H](Cc1ccc(OCC#CCO)cc1)C(=O)O. The van der Waals surface area contributed by atoms with Crippen molar-refractivity contribution in [3.8, 4) is 17.6 Å². The molecule has 3 N–H and O–H groups in total. The first-order valence-electron chi connectivity index (χ1n) is 8.37. The Balaban J connectivity index is 2.54. The number of hydrogen-bond donors (Lipinski definition) is 3. The number of hydrogen-bond acceptors (Lipinski definition) is 4. The number of carboxylic acid groups (broad SMARTS) is 1. The molecule has 0 aliphatic carbocycles. The van der Waals surface area contributed by atoms with Crippen molar-refractivity contribution in [2.75, 3.05) is 13.2 Å². The zero-order valence-corrected chi connectivity index (χ0v) is 14.5. The Bertz CT molecular complexity index is 600. The van der Waals surface area contributed by atoms with Gasteiger partial charge in [0.15, 0.2) is 0 Å². The summed E-state index contributed by atoms with van der Waals surface area (Å²) in [6.07, 6.45) is 3.28. The lowest BCUT2D eigenvalue weighted by molar-refractivity contribution is -0.141. The Hall–Kier alpha value is -2.52. The van der Waals surface area contributed by atoms with Crippen molar-refractivity contribution in [3.05, 3.63) is 29.8 Å². The second-order valence-electron chi connectivity index (χ2n) is 5.56. The van der Waals surface area contributed by atoms with E-state index in [1.54, 1.807) is 24.3 Å². The van der Waals surface area contributed by atoms with E-state index in [2.05, 4.69) is 17.2 Å². The van der Waals surface area contributed by atoms with E-state index in [-0.39, 0.29) is 25.5 Å². The summed E-state index contributed by atoms with van der Waals surface area (Å²) >= 11 is 0. The van der Waals surface area contributed by atoms with Crippen molar-refractivity contribution in [2.45, 2.75) is 45.1 Å². The van der Waals surface area contributed by atoms with Crippen LogP contribution in [0.5, 0.6) is 5.75 Å². The van der Waals surface area contributed by atoms with Crippen LogP contribution in [0, 0.1) is 11.8 Å². The van der Waals surface area contributed by atoms with Gasteiger partial charge in [-0.05, 0) is 24.1 Å². The van der Waals surface area contributed by atoms with Gasteiger partial charge in [-0.1, -0.05) is 43.7 Å². The van der Waals surface area contributed by atoms with Crippen molar-refractivity contribution < 1.29 is 24.5 Å². The Morgan fingerprint density at radius 1 is 1.20 bits per heavy atom. The quantitative estimate of drug-likeness (QED) is 0.443. The minimum atomic E-state index is -1.05. The second kappa shape index (κ2) is 11.9. The molecule has 0 saturated heterocycles. The van der Waals surface area contributed by atoms with E-state index >= 15 is 0 Å². The molecule has 136 valence electrons. The highest BCUT2D eigenvalue weighted by atomic mass is 16.5. The molecule has 1 amide bonds. The van der Waals surface area contributed by atoms with Crippen LogP contribution in [0.4, 0.5) is 0 Å². The van der Waals surface area contributed by atoms with E-state index in [0.29, 0.717) is 12.2 Å². The van der Waals surface area contributed by atoms with Crippen molar-refractivity contribution in [2.24, 2.45) is 0 Å². The molecule has 1 rings (SSSR count). The first kappa shape index (κ1) is 20.5. The lowest BCUT2D eigenvalue weighted by atomic mass is 10.1. The number of benzene rings is 1.